The Kier molecular flexibility index (Phi) is 6.71. The number of nitrogens with one attached hydrogen (secondary N) is 2. The largest absolute Gasteiger partial charge is 0.324 e. The van der Waals surface area contributed by atoms with Crippen LogP contribution >= 0.6 is 35.0 Å². The molecule has 0 fully saturated rings. The number of hydrogen-bond acceptors (Lipinski definition) is 4. The van der Waals surface area contributed by atoms with E-state index in [9.17, 15) is 9.59 Å². The van der Waals surface area contributed by atoms with Crippen LogP contribution in [0.1, 0.15) is 26.0 Å². The molecule has 8 heteroatoms. The van der Waals surface area contributed by atoms with Crippen molar-refractivity contribution in [3.63, 3.8) is 0 Å². The van der Waals surface area contributed by atoms with Gasteiger partial charge in [0.25, 0.3) is 5.56 Å². The molecule has 0 saturated carbocycles. The van der Waals surface area contributed by atoms with Gasteiger partial charge < -0.3 is 10.3 Å². The van der Waals surface area contributed by atoms with Gasteiger partial charge in [-0.25, -0.2) is 4.98 Å². The summed E-state index contributed by atoms with van der Waals surface area (Å²) in [6, 6.07) is 6.33. The number of rotatable bonds is 6. The van der Waals surface area contributed by atoms with E-state index in [0.717, 1.165) is 18.5 Å². The number of aromatic nitrogens is 2. The van der Waals surface area contributed by atoms with Gasteiger partial charge >= 0.3 is 0 Å². The first-order valence-corrected chi connectivity index (χ1v) is 9.05. The summed E-state index contributed by atoms with van der Waals surface area (Å²) in [6.07, 6.45) is 1.62. The standard InChI is InChI=1S/C16H17Cl2N3O2S/c1-3-4-11-8-14(22)21-16(19-11)24-9(2)15(23)20-13-6-5-10(17)7-12(13)18/h5-9H,3-4H2,1-2H3,(H,20,23)(H,19,21,22)/t9-/m1/s1. The highest BCUT2D eigenvalue weighted by Crippen LogP contribution is 2.27. The number of carbonyl (C=O) groups excluding carboxylic acids is 1. The SMILES string of the molecule is CCCc1cc(=O)[nH]c(S[C@H](C)C(=O)Nc2ccc(Cl)cc2Cl)n1. The maximum Gasteiger partial charge on any atom is 0.251 e. The van der Waals surface area contributed by atoms with E-state index >= 15 is 0 Å². The number of H-pyrrole nitrogens is 1. The average Bonchev–Trinajstić information content (AvgIpc) is 2.49. The number of aryl methyl sites for hydroxylation is 1. The second-order valence-electron chi connectivity index (χ2n) is 5.17. The van der Waals surface area contributed by atoms with Crippen LogP contribution in [0.2, 0.25) is 10.0 Å². The number of carbonyl (C=O) groups is 1. The number of nitrogens with zero attached hydrogens (tertiary/aromatic N) is 1. The lowest BCUT2D eigenvalue weighted by Crippen LogP contribution is -2.23. The molecule has 5 nitrogen and oxygen atoms in total. The van der Waals surface area contributed by atoms with E-state index in [0.29, 0.717) is 20.9 Å². The zero-order valence-corrected chi connectivity index (χ0v) is 15.6. The van der Waals surface area contributed by atoms with Crippen molar-refractivity contribution in [3.8, 4) is 0 Å². The van der Waals surface area contributed by atoms with Crippen LogP contribution in [-0.2, 0) is 11.2 Å². The van der Waals surface area contributed by atoms with Crippen molar-refractivity contribution in [2.75, 3.05) is 5.32 Å². The van der Waals surface area contributed by atoms with Gasteiger partial charge in [0.15, 0.2) is 5.16 Å². The van der Waals surface area contributed by atoms with Crippen molar-refractivity contribution in [3.05, 3.63) is 50.4 Å². The van der Waals surface area contributed by atoms with Gasteiger partial charge in [0.2, 0.25) is 5.91 Å². The predicted molar refractivity (Wildman–Crippen MR) is 99.3 cm³/mol. The van der Waals surface area contributed by atoms with E-state index in [1.54, 1.807) is 25.1 Å². The van der Waals surface area contributed by atoms with E-state index in [2.05, 4.69) is 15.3 Å². The van der Waals surface area contributed by atoms with Crippen molar-refractivity contribution in [2.45, 2.75) is 37.1 Å². The second-order valence-corrected chi connectivity index (χ2v) is 7.34. The highest BCUT2D eigenvalue weighted by atomic mass is 35.5. The Bertz CT molecular complexity index is 795. The van der Waals surface area contributed by atoms with Crippen LogP contribution in [0.5, 0.6) is 0 Å². The third-order valence-corrected chi connectivity index (χ3v) is 4.66. The van der Waals surface area contributed by atoms with Crippen LogP contribution in [0, 0.1) is 0 Å². The molecule has 0 unspecified atom stereocenters. The van der Waals surface area contributed by atoms with E-state index in [4.69, 9.17) is 23.2 Å². The molecule has 1 heterocycles. The lowest BCUT2D eigenvalue weighted by molar-refractivity contribution is -0.115. The first-order valence-electron chi connectivity index (χ1n) is 7.42. The van der Waals surface area contributed by atoms with E-state index < -0.39 is 5.25 Å². The molecule has 2 aromatic rings. The highest BCUT2D eigenvalue weighted by Gasteiger charge is 2.17. The molecule has 0 aliphatic rings. The maximum atomic E-state index is 12.3. The summed E-state index contributed by atoms with van der Waals surface area (Å²) in [4.78, 5) is 31.0. The number of halogens is 2. The molecule has 24 heavy (non-hydrogen) atoms. The fraction of sp³-hybridized carbons (Fsp3) is 0.312. The Labute approximate surface area is 154 Å². The molecule has 2 rings (SSSR count). The number of aromatic amines is 1. The molecule has 1 aromatic heterocycles. The molecular formula is C16H17Cl2N3O2S. The topological polar surface area (TPSA) is 74.8 Å². The molecule has 128 valence electrons. The normalized spacial score (nSPS) is 12.0. The van der Waals surface area contributed by atoms with Gasteiger partial charge in [-0.3, -0.25) is 9.59 Å². The predicted octanol–water partition coefficient (Wildman–Crippen LogP) is 4.15. The fourth-order valence-corrected chi connectivity index (χ4v) is 3.26. The van der Waals surface area contributed by atoms with E-state index in [-0.39, 0.29) is 11.5 Å². The molecule has 1 amide bonds. The molecular weight excluding hydrogens is 369 g/mol. The lowest BCUT2D eigenvalue weighted by Gasteiger charge is -2.13. The van der Waals surface area contributed by atoms with E-state index in [1.165, 1.54) is 17.8 Å². The lowest BCUT2D eigenvalue weighted by atomic mass is 10.2. The summed E-state index contributed by atoms with van der Waals surface area (Å²) in [5.41, 5.74) is 0.987. The number of thioether (sulfide) groups is 1. The Balaban J connectivity index is 2.07. The van der Waals surface area contributed by atoms with Gasteiger partial charge in [-0.2, -0.15) is 0 Å². The smallest absolute Gasteiger partial charge is 0.251 e. The summed E-state index contributed by atoms with van der Waals surface area (Å²) in [5, 5.41) is 3.57. The quantitative estimate of drug-likeness (QED) is 0.578. The van der Waals surface area contributed by atoms with Crippen molar-refractivity contribution >= 4 is 46.6 Å². The zero-order valence-electron chi connectivity index (χ0n) is 13.2. The summed E-state index contributed by atoms with van der Waals surface area (Å²) in [7, 11) is 0. The third kappa shape index (κ3) is 5.26. The number of benzene rings is 1. The first-order chi connectivity index (χ1) is 11.4. The molecule has 0 spiro atoms. The molecule has 2 N–H and O–H groups in total. The van der Waals surface area contributed by atoms with Crippen LogP contribution < -0.4 is 10.9 Å². The van der Waals surface area contributed by atoms with Gasteiger partial charge in [-0.1, -0.05) is 48.3 Å². The minimum Gasteiger partial charge on any atom is -0.324 e. The summed E-state index contributed by atoms with van der Waals surface area (Å²) in [5.74, 6) is -0.243. The minimum atomic E-state index is -0.461. The van der Waals surface area contributed by atoms with Crippen molar-refractivity contribution in [1.29, 1.82) is 0 Å². The monoisotopic (exact) mass is 385 g/mol. The summed E-state index contributed by atoms with van der Waals surface area (Å²) < 4.78 is 0. The van der Waals surface area contributed by atoms with Crippen LogP contribution in [0.4, 0.5) is 5.69 Å². The number of amides is 1. The molecule has 0 radical (unpaired) electrons. The zero-order chi connectivity index (χ0) is 17.7. The Hall–Kier alpha value is -1.50. The van der Waals surface area contributed by atoms with Gasteiger partial charge in [-0.15, -0.1) is 0 Å². The van der Waals surface area contributed by atoms with Crippen LogP contribution in [0.25, 0.3) is 0 Å². The maximum absolute atomic E-state index is 12.3. The fourth-order valence-electron chi connectivity index (χ4n) is 1.97. The van der Waals surface area contributed by atoms with Gasteiger partial charge in [0.05, 0.1) is 16.0 Å². The molecule has 1 aromatic carbocycles. The number of hydrogen-bond donors (Lipinski definition) is 2. The van der Waals surface area contributed by atoms with Gasteiger partial charge in [0.1, 0.15) is 0 Å². The summed E-state index contributed by atoms with van der Waals surface area (Å²) in [6.45, 7) is 3.75. The molecule has 0 aliphatic carbocycles. The molecule has 0 aliphatic heterocycles. The van der Waals surface area contributed by atoms with Crippen molar-refractivity contribution in [1.82, 2.24) is 9.97 Å². The van der Waals surface area contributed by atoms with Crippen molar-refractivity contribution in [2.24, 2.45) is 0 Å². The molecule has 0 saturated heterocycles. The Morgan fingerprint density at radius 1 is 1.38 bits per heavy atom. The van der Waals surface area contributed by atoms with Crippen LogP contribution in [-0.4, -0.2) is 21.1 Å². The highest BCUT2D eigenvalue weighted by molar-refractivity contribution is 8.00. The Morgan fingerprint density at radius 2 is 2.12 bits per heavy atom. The summed E-state index contributed by atoms with van der Waals surface area (Å²) >= 11 is 13.1. The number of anilines is 1. The minimum absolute atomic E-state index is 0.218. The molecule has 1 atom stereocenters. The average molecular weight is 386 g/mol. The molecule has 0 bridgehead atoms. The van der Waals surface area contributed by atoms with Crippen molar-refractivity contribution < 1.29 is 4.79 Å². The Morgan fingerprint density at radius 3 is 2.79 bits per heavy atom. The first kappa shape index (κ1) is 18.8. The van der Waals surface area contributed by atoms with Crippen LogP contribution in [0.3, 0.4) is 0 Å². The second kappa shape index (κ2) is 8.55. The third-order valence-electron chi connectivity index (χ3n) is 3.13. The van der Waals surface area contributed by atoms with Gasteiger partial charge in [-0.05, 0) is 31.5 Å². The van der Waals surface area contributed by atoms with Crippen LogP contribution in [0.15, 0.2) is 34.2 Å². The van der Waals surface area contributed by atoms with Gasteiger partial charge in [0, 0.05) is 16.8 Å². The van der Waals surface area contributed by atoms with E-state index in [1.807, 2.05) is 6.92 Å².